The Kier molecular flexibility index (Phi) is 4.48. The van der Waals surface area contributed by atoms with Crippen molar-refractivity contribution in [2.45, 2.75) is 12.8 Å². The van der Waals surface area contributed by atoms with Gasteiger partial charge >= 0.3 is 0 Å². The monoisotopic (exact) mass is 360 g/mol. The van der Waals surface area contributed by atoms with Gasteiger partial charge in [-0.05, 0) is 22.8 Å². The van der Waals surface area contributed by atoms with E-state index in [9.17, 15) is 9.90 Å². The van der Waals surface area contributed by atoms with E-state index in [-0.39, 0.29) is 5.56 Å². The Morgan fingerprint density at radius 1 is 1.19 bits per heavy atom. The van der Waals surface area contributed by atoms with E-state index >= 15 is 0 Å². The fraction of sp³-hybridized carbons (Fsp3) is 0.143. The predicted molar refractivity (Wildman–Crippen MR) is 105 cm³/mol. The molecule has 0 bridgehead atoms. The standard InChI is InChI=1S/C21H20N4O2/c1-24-14-19(18(9-21(24)27)16-7-8-20(26)22-10-16)17-11-23-25(13-17)12-15-5-3-2-4-6-15/h2-11,13-14,20,22,26H,12H2,1H3. The van der Waals surface area contributed by atoms with Gasteiger partial charge in [-0.3, -0.25) is 9.48 Å². The summed E-state index contributed by atoms with van der Waals surface area (Å²) >= 11 is 0. The third-order valence-corrected chi connectivity index (χ3v) is 4.54. The van der Waals surface area contributed by atoms with Crippen LogP contribution in [-0.4, -0.2) is 25.7 Å². The highest BCUT2D eigenvalue weighted by atomic mass is 16.3. The number of benzene rings is 1. The quantitative estimate of drug-likeness (QED) is 0.748. The van der Waals surface area contributed by atoms with E-state index < -0.39 is 6.23 Å². The second-order valence-electron chi connectivity index (χ2n) is 6.53. The van der Waals surface area contributed by atoms with Gasteiger partial charge in [0.15, 0.2) is 0 Å². The van der Waals surface area contributed by atoms with Crippen LogP contribution in [0.3, 0.4) is 0 Å². The maximum atomic E-state index is 12.2. The second kappa shape index (κ2) is 7.09. The molecule has 0 amide bonds. The van der Waals surface area contributed by atoms with E-state index in [1.165, 1.54) is 5.56 Å². The number of aromatic nitrogens is 3. The molecule has 0 aliphatic carbocycles. The molecular formula is C21H20N4O2. The van der Waals surface area contributed by atoms with E-state index in [4.69, 9.17) is 0 Å². The van der Waals surface area contributed by atoms with Gasteiger partial charge in [0.2, 0.25) is 0 Å². The normalized spacial score (nSPS) is 16.1. The Balaban J connectivity index is 1.72. The average molecular weight is 360 g/mol. The predicted octanol–water partition coefficient (Wildman–Crippen LogP) is 2.12. The lowest BCUT2D eigenvalue weighted by atomic mass is 9.97. The summed E-state index contributed by atoms with van der Waals surface area (Å²) in [6, 6.07) is 11.7. The summed E-state index contributed by atoms with van der Waals surface area (Å²) in [5.74, 6) is 0. The van der Waals surface area contributed by atoms with Gasteiger partial charge in [-0.25, -0.2) is 0 Å². The smallest absolute Gasteiger partial charge is 0.250 e. The highest BCUT2D eigenvalue weighted by molar-refractivity contribution is 5.85. The molecule has 4 rings (SSSR count). The lowest BCUT2D eigenvalue weighted by molar-refractivity contribution is 0.201. The van der Waals surface area contributed by atoms with E-state index in [0.29, 0.717) is 6.54 Å². The summed E-state index contributed by atoms with van der Waals surface area (Å²) in [6.45, 7) is 0.679. The van der Waals surface area contributed by atoms with Crippen molar-refractivity contribution in [3.05, 3.63) is 94.8 Å². The van der Waals surface area contributed by atoms with Crippen molar-refractivity contribution in [1.29, 1.82) is 0 Å². The molecule has 1 aliphatic heterocycles. The van der Waals surface area contributed by atoms with Crippen molar-refractivity contribution in [2.75, 3.05) is 0 Å². The molecule has 1 atom stereocenters. The molecule has 1 unspecified atom stereocenters. The van der Waals surface area contributed by atoms with Crippen molar-refractivity contribution in [3.63, 3.8) is 0 Å². The van der Waals surface area contributed by atoms with Crippen molar-refractivity contribution in [3.8, 4) is 11.1 Å². The number of allylic oxidation sites excluding steroid dienone is 2. The molecule has 0 saturated heterocycles. The Labute approximate surface area is 156 Å². The lowest BCUT2D eigenvalue weighted by Gasteiger charge is -2.16. The minimum atomic E-state index is -0.711. The van der Waals surface area contributed by atoms with Crippen molar-refractivity contribution in [2.24, 2.45) is 7.05 Å². The molecule has 0 spiro atoms. The molecule has 3 aromatic rings. The first-order valence-corrected chi connectivity index (χ1v) is 8.70. The van der Waals surface area contributed by atoms with Gasteiger partial charge in [-0.2, -0.15) is 5.10 Å². The van der Waals surface area contributed by atoms with Crippen LogP contribution in [0.4, 0.5) is 0 Å². The SMILES string of the molecule is Cn1cc(-c2cnn(Cc3ccccc3)c2)c(C2=CNC(O)C=C2)cc1=O. The number of hydrogen-bond acceptors (Lipinski definition) is 4. The zero-order valence-electron chi connectivity index (χ0n) is 14.9. The first-order chi connectivity index (χ1) is 13.1. The zero-order valence-corrected chi connectivity index (χ0v) is 14.9. The Morgan fingerprint density at radius 3 is 2.74 bits per heavy atom. The van der Waals surface area contributed by atoms with Gasteiger partial charge in [0.1, 0.15) is 6.23 Å². The number of aliphatic hydroxyl groups is 1. The van der Waals surface area contributed by atoms with Crippen LogP contribution in [0.25, 0.3) is 16.7 Å². The number of aryl methyl sites for hydroxylation is 1. The summed E-state index contributed by atoms with van der Waals surface area (Å²) < 4.78 is 3.44. The Hall–Kier alpha value is -3.38. The zero-order chi connectivity index (χ0) is 18.8. The van der Waals surface area contributed by atoms with E-state index in [2.05, 4.69) is 22.5 Å². The minimum absolute atomic E-state index is 0.0918. The number of hydrogen-bond donors (Lipinski definition) is 2. The number of nitrogens with one attached hydrogen (secondary N) is 1. The van der Waals surface area contributed by atoms with E-state index in [0.717, 1.165) is 22.3 Å². The van der Waals surface area contributed by atoms with Gasteiger partial charge in [0.25, 0.3) is 5.56 Å². The Bertz CT molecular complexity index is 1080. The van der Waals surface area contributed by atoms with Crippen molar-refractivity contribution in [1.82, 2.24) is 19.7 Å². The molecular weight excluding hydrogens is 340 g/mol. The number of pyridine rings is 1. The molecule has 2 aromatic heterocycles. The van der Waals surface area contributed by atoms with Crippen LogP contribution in [0.2, 0.25) is 0 Å². The highest BCUT2D eigenvalue weighted by Crippen LogP contribution is 2.29. The molecule has 3 heterocycles. The third-order valence-electron chi connectivity index (χ3n) is 4.54. The van der Waals surface area contributed by atoms with Crippen LogP contribution < -0.4 is 10.9 Å². The highest BCUT2D eigenvalue weighted by Gasteiger charge is 2.15. The van der Waals surface area contributed by atoms with Crippen LogP contribution in [0.1, 0.15) is 11.1 Å². The van der Waals surface area contributed by atoms with Crippen molar-refractivity contribution >= 4 is 5.57 Å². The molecule has 6 nitrogen and oxygen atoms in total. The fourth-order valence-corrected chi connectivity index (χ4v) is 3.10. The maximum Gasteiger partial charge on any atom is 0.250 e. The number of rotatable bonds is 4. The van der Waals surface area contributed by atoms with E-state index in [1.807, 2.05) is 47.5 Å². The van der Waals surface area contributed by atoms with Crippen LogP contribution in [0.15, 0.2) is 78.1 Å². The molecule has 1 aliphatic rings. The molecule has 27 heavy (non-hydrogen) atoms. The number of aliphatic hydroxyl groups excluding tert-OH is 1. The molecule has 136 valence electrons. The molecule has 2 N–H and O–H groups in total. The van der Waals surface area contributed by atoms with Gasteiger partial charge < -0.3 is 15.0 Å². The summed E-state index contributed by atoms with van der Waals surface area (Å²) in [4.78, 5) is 12.2. The van der Waals surface area contributed by atoms with Crippen LogP contribution >= 0.6 is 0 Å². The van der Waals surface area contributed by atoms with Crippen LogP contribution in [0.5, 0.6) is 0 Å². The third kappa shape index (κ3) is 3.61. The molecule has 1 aromatic carbocycles. The van der Waals surface area contributed by atoms with Gasteiger partial charge in [0.05, 0.1) is 12.7 Å². The first kappa shape index (κ1) is 17.1. The lowest BCUT2D eigenvalue weighted by Crippen LogP contribution is -2.24. The van der Waals surface area contributed by atoms with Crippen LogP contribution in [-0.2, 0) is 13.6 Å². The van der Waals surface area contributed by atoms with Crippen LogP contribution in [0, 0.1) is 0 Å². The fourth-order valence-electron chi connectivity index (χ4n) is 3.10. The largest absolute Gasteiger partial charge is 0.370 e. The summed E-state index contributed by atoms with van der Waals surface area (Å²) in [6.07, 6.45) is 10.1. The topological polar surface area (TPSA) is 72.1 Å². The summed E-state index contributed by atoms with van der Waals surface area (Å²) in [5, 5.41) is 16.9. The summed E-state index contributed by atoms with van der Waals surface area (Å²) in [5.41, 5.74) is 4.55. The van der Waals surface area contributed by atoms with Gasteiger partial charge in [-0.1, -0.05) is 36.4 Å². The molecule has 6 heteroatoms. The summed E-state index contributed by atoms with van der Waals surface area (Å²) in [7, 11) is 1.73. The minimum Gasteiger partial charge on any atom is -0.370 e. The van der Waals surface area contributed by atoms with Crippen molar-refractivity contribution < 1.29 is 5.11 Å². The maximum absolute atomic E-state index is 12.2. The number of dihydropyridines is 1. The number of nitrogens with zero attached hydrogens (tertiary/aromatic N) is 3. The Morgan fingerprint density at radius 2 is 2.00 bits per heavy atom. The van der Waals surface area contributed by atoms with Gasteiger partial charge in [-0.15, -0.1) is 0 Å². The second-order valence-corrected chi connectivity index (χ2v) is 6.53. The first-order valence-electron chi connectivity index (χ1n) is 8.70. The van der Waals surface area contributed by atoms with Gasteiger partial charge in [0, 0.05) is 42.8 Å². The molecule has 0 saturated carbocycles. The average Bonchev–Trinajstić information content (AvgIpc) is 3.13. The molecule has 0 radical (unpaired) electrons. The van der Waals surface area contributed by atoms with E-state index in [1.54, 1.807) is 30.0 Å². The molecule has 0 fully saturated rings.